The first-order valence-electron chi connectivity index (χ1n) is 12.7. The van der Waals surface area contributed by atoms with Crippen molar-refractivity contribution in [3.8, 4) is 0 Å². The summed E-state index contributed by atoms with van der Waals surface area (Å²) in [7, 11) is -4.11. The topological polar surface area (TPSA) is 86.8 Å². The summed E-state index contributed by atoms with van der Waals surface area (Å²) in [5.74, 6) is -3.57. The first-order chi connectivity index (χ1) is 18.9. The second kappa shape index (κ2) is 13.7. The van der Waals surface area contributed by atoms with E-state index in [1.807, 2.05) is 44.2 Å². The Morgan fingerprint density at radius 1 is 0.975 bits per heavy atom. The van der Waals surface area contributed by atoms with Gasteiger partial charge in [-0.1, -0.05) is 67.1 Å². The number of amides is 2. The highest BCUT2D eigenvalue weighted by molar-refractivity contribution is 7.92. The van der Waals surface area contributed by atoms with Crippen LogP contribution in [0.25, 0.3) is 0 Å². The highest BCUT2D eigenvalue weighted by Gasteiger charge is 2.34. The lowest BCUT2D eigenvalue weighted by molar-refractivity contribution is -0.140. The SMILES string of the molecule is CCC(C)NC(=O)C(Cc1ccccc1)N(Cc1ccccc1Cl)C(=O)CN(c1ccc(F)c(F)c1)S(C)(=O)=O. The van der Waals surface area contributed by atoms with E-state index in [9.17, 15) is 26.8 Å². The van der Waals surface area contributed by atoms with Crippen LogP contribution in [0, 0.1) is 11.6 Å². The molecule has 11 heteroatoms. The predicted octanol–water partition coefficient (Wildman–Crippen LogP) is 4.94. The van der Waals surface area contributed by atoms with Gasteiger partial charge in [0.25, 0.3) is 0 Å². The Balaban J connectivity index is 2.08. The average molecular weight is 592 g/mol. The number of nitrogens with zero attached hydrogens (tertiary/aromatic N) is 2. The van der Waals surface area contributed by atoms with E-state index in [1.165, 1.54) is 4.90 Å². The zero-order valence-corrected chi connectivity index (χ0v) is 24.1. The molecule has 3 aromatic rings. The molecule has 0 aliphatic heterocycles. The molecule has 40 heavy (non-hydrogen) atoms. The Morgan fingerprint density at radius 2 is 1.62 bits per heavy atom. The van der Waals surface area contributed by atoms with Crippen LogP contribution in [0.3, 0.4) is 0 Å². The molecule has 0 heterocycles. The van der Waals surface area contributed by atoms with E-state index in [0.29, 0.717) is 27.4 Å². The van der Waals surface area contributed by atoms with Crippen LogP contribution in [0.4, 0.5) is 14.5 Å². The van der Waals surface area contributed by atoms with Crippen LogP contribution in [-0.2, 0) is 32.6 Å². The predicted molar refractivity (Wildman–Crippen MR) is 152 cm³/mol. The fraction of sp³-hybridized carbons (Fsp3) is 0.310. The molecule has 0 saturated heterocycles. The van der Waals surface area contributed by atoms with Gasteiger partial charge < -0.3 is 10.2 Å². The van der Waals surface area contributed by atoms with Crippen LogP contribution in [0.1, 0.15) is 31.4 Å². The molecule has 0 spiro atoms. The van der Waals surface area contributed by atoms with Crippen molar-refractivity contribution >= 4 is 39.1 Å². The second-order valence-electron chi connectivity index (χ2n) is 9.50. The molecule has 7 nitrogen and oxygen atoms in total. The maximum Gasteiger partial charge on any atom is 0.244 e. The number of rotatable bonds is 12. The summed E-state index contributed by atoms with van der Waals surface area (Å²) < 4.78 is 53.7. The highest BCUT2D eigenvalue weighted by atomic mass is 35.5. The number of benzene rings is 3. The van der Waals surface area contributed by atoms with Gasteiger partial charge in [-0.3, -0.25) is 13.9 Å². The number of halogens is 3. The molecule has 2 atom stereocenters. The highest BCUT2D eigenvalue weighted by Crippen LogP contribution is 2.24. The molecule has 0 aromatic heterocycles. The number of carbonyl (C=O) groups excluding carboxylic acids is 2. The van der Waals surface area contributed by atoms with Gasteiger partial charge in [-0.15, -0.1) is 0 Å². The Kier molecular flexibility index (Phi) is 10.6. The van der Waals surface area contributed by atoms with Crippen LogP contribution in [-0.4, -0.2) is 50.0 Å². The van der Waals surface area contributed by atoms with E-state index in [4.69, 9.17) is 11.6 Å². The van der Waals surface area contributed by atoms with Gasteiger partial charge in [-0.2, -0.15) is 0 Å². The summed E-state index contributed by atoms with van der Waals surface area (Å²) in [5.41, 5.74) is 1.10. The summed E-state index contributed by atoms with van der Waals surface area (Å²) >= 11 is 6.41. The van der Waals surface area contributed by atoms with E-state index in [1.54, 1.807) is 24.3 Å². The smallest absolute Gasteiger partial charge is 0.244 e. The Hall–Kier alpha value is -3.50. The summed E-state index contributed by atoms with van der Waals surface area (Å²) in [6.07, 6.45) is 1.65. The van der Waals surface area contributed by atoms with Gasteiger partial charge in [-0.25, -0.2) is 17.2 Å². The molecule has 2 unspecified atom stereocenters. The maximum absolute atomic E-state index is 14.0. The molecule has 0 saturated carbocycles. The molecule has 0 aliphatic carbocycles. The minimum atomic E-state index is -4.11. The molecule has 0 bridgehead atoms. The summed E-state index contributed by atoms with van der Waals surface area (Å²) in [6, 6.07) is 17.3. The van der Waals surface area contributed by atoms with E-state index in [0.717, 1.165) is 24.0 Å². The van der Waals surface area contributed by atoms with E-state index in [2.05, 4.69) is 5.32 Å². The Bertz CT molecular complexity index is 1440. The largest absolute Gasteiger partial charge is 0.352 e. The fourth-order valence-electron chi connectivity index (χ4n) is 4.06. The molecule has 0 fully saturated rings. The number of hydrogen-bond donors (Lipinski definition) is 1. The first-order valence-corrected chi connectivity index (χ1v) is 14.9. The molecule has 1 N–H and O–H groups in total. The van der Waals surface area contributed by atoms with Crippen molar-refractivity contribution in [2.24, 2.45) is 0 Å². The molecule has 0 radical (unpaired) electrons. The van der Waals surface area contributed by atoms with Gasteiger partial charge in [0.2, 0.25) is 21.8 Å². The first kappa shape index (κ1) is 31.0. The fourth-order valence-corrected chi connectivity index (χ4v) is 5.10. The minimum Gasteiger partial charge on any atom is -0.352 e. The maximum atomic E-state index is 14.0. The molecule has 3 rings (SSSR count). The van der Waals surface area contributed by atoms with Crippen molar-refractivity contribution in [3.05, 3.63) is 101 Å². The lowest BCUT2D eigenvalue weighted by atomic mass is 10.0. The third kappa shape index (κ3) is 8.25. The van der Waals surface area contributed by atoms with Crippen LogP contribution < -0.4 is 9.62 Å². The van der Waals surface area contributed by atoms with Gasteiger partial charge >= 0.3 is 0 Å². The standard InChI is InChI=1S/C29H32ClF2N3O4S/c1-4-20(2)33-29(37)27(16-21-10-6-5-7-11-21)34(18-22-12-8-9-13-24(22)30)28(36)19-35(40(3,38)39)23-14-15-25(31)26(32)17-23/h5-15,17,20,27H,4,16,18-19H2,1-3H3,(H,33,37). The van der Waals surface area contributed by atoms with Crippen molar-refractivity contribution in [3.63, 3.8) is 0 Å². The quantitative estimate of drug-likeness (QED) is 0.323. The summed E-state index contributed by atoms with van der Waals surface area (Å²) in [6.45, 7) is 2.90. The van der Waals surface area contributed by atoms with Gasteiger partial charge in [0.05, 0.1) is 11.9 Å². The number of hydrogen-bond acceptors (Lipinski definition) is 4. The van der Waals surface area contributed by atoms with Crippen molar-refractivity contribution in [1.29, 1.82) is 0 Å². The van der Waals surface area contributed by atoms with Crippen LogP contribution in [0.2, 0.25) is 5.02 Å². The zero-order valence-electron chi connectivity index (χ0n) is 22.5. The van der Waals surface area contributed by atoms with Crippen LogP contribution in [0.5, 0.6) is 0 Å². The van der Waals surface area contributed by atoms with E-state index < -0.39 is 46.1 Å². The summed E-state index contributed by atoms with van der Waals surface area (Å²) in [4.78, 5) is 28.9. The lowest BCUT2D eigenvalue weighted by Gasteiger charge is -2.34. The lowest BCUT2D eigenvalue weighted by Crippen LogP contribution is -2.54. The number of sulfonamides is 1. The third-order valence-electron chi connectivity index (χ3n) is 6.44. The van der Waals surface area contributed by atoms with Crippen molar-refractivity contribution in [1.82, 2.24) is 10.2 Å². The molecular weight excluding hydrogens is 560 g/mol. The molecule has 0 aliphatic rings. The average Bonchev–Trinajstić information content (AvgIpc) is 2.91. The van der Waals surface area contributed by atoms with Gasteiger partial charge in [-0.05, 0) is 42.7 Å². The number of anilines is 1. The molecule has 214 valence electrons. The van der Waals surface area contributed by atoms with E-state index in [-0.39, 0.29) is 24.7 Å². The molecule has 3 aromatic carbocycles. The minimum absolute atomic E-state index is 0.0979. The van der Waals surface area contributed by atoms with Gasteiger partial charge in [0.1, 0.15) is 12.6 Å². The van der Waals surface area contributed by atoms with Crippen LogP contribution >= 0.6 is 11.6 Å². The van der Waals surface area contributed by atoms with Crippen molar-refractivity contribution in [2.75, 3.05) is 17.1 Å². The van der Waals surface area contributed by atoms with Crippen LogP contribution in [0.15, 0.2) is 72.8 Å². The number of carbonyl (C=O) groups is 2. The Labute approximate surface area is 238 Å². The number of nitrogens with one attached hydrogen (secondary N) is 1. The molecule has 2 amide bonds. The van der Waals surface area contributed by atoms with Gasteiger partial charge in [0.15, 0.2) is 11.6 Å². The van der Waals surface area contributed by atoms with E-state index >= 15 is 0 Å². The Morgan fingerprint density at radius 3 is 2.23 bits per heavy atom. The normalized spacial score (nSPS) is 12.8. The van der Waals surface area contributed by atoms with Crippen molar-refractivity contribution < 1.29 is 26.8 Å². The zero-order chi connectivity index (χ0) is 29.4. The van der Waals surface area contributed by atoms with Gasteiger partial charge in [0, 0.05) is 30.1 Å². The second-order valence-corrected chi connectivity index (χ2v) is 11.8. The molecular formula is C29H32ClF2N3O4S. The summed E-state index contributed by atoms with van der Waals surface area (Å²) in [5, 5.41) is 3.29. The third-order valence-corrected chi connectivity index (χ3v) is 7.95. The monoisotopic (exact) mass is 591 g/mol. The van der Waals surface area contributed by atoms with Crippen molar-refractivity contribution in [2.45, 2.75) is 45.3 Å².